The van der Waals surface area contributed by atoms with Gasteiger partial charge in [-0.25, -0.2) is 8.42 Å². The highest BCUT2D eigenvalue weighted by Gasteiger charge is 2.30. The van der Waals surface area contributed by atoms with Gasteiger partial charge in [-0.1, -0.05) is 6.07 Å². The number of amides is 1. The second kappa shape index (κ2) is 9.15. The zero-order chi connectivity index (χ0) is 20.9. The first-order chi connectivity index (χ1) is 13.9. The van der Waals surface area contributed by atoms with E-state index in [1.165, 1.54) is 23.5 Å². The number of hydrogen-bond donors (Lipinski definition) is 1. The molecule has 9 heteroatoms. The molecule has 3 rings (SSSR count). The summed E-state index contributed by atoms with van der Waals surface area (Å²) >= 11 is 0. The van der Waals surface area contributed by atoms with Gasteiger partial charge >= 0.3 is 0 Å². The Balaban J connectivity index is 1.54. The molecule has 1 N–H and O–H groups in total. The van der Waals surface area contributed by atoms with Crippen LogP contribution in [0.2, 0.25) is 0 Å². The van der Waals surface area contributed by atoms with Crippen LogP contribution in [-0.2, 0) is 14.8 Å². The molecule has 0 aromatic heterocycles. The molecule has 0 saturated carbocycles. The number of carbonyl (C=O) groups is 1. The molecule has 0 atom stereocenters. The van der Waals surface area contributed by atoms with Crippen LogP contribution in [0.4, 0.5) is 5.69 Å². The van der Waals surface area contributed by atoms with Crippen LogP contribution in [0.3, 0.4) is 0 Å². The summed E-state index contributed by atoms with van der Waals surface area (Å²) in [5.41, 5.74) is 0.790. The molecule has 1 saturated heterocycles. The quantitative estimate of drug-likeness (QED) is 0.734. The number of nitrogens with zero attached hydrogens (tertiary/aromatic N) is 2. The Hall–Kier alpha value is -2.78. The van der Waals surface area contributed by atoms with Crippen molar-refractivity contribution in [2.45, 2.75) is 4.90 Å². The number of anilines is 1. The molecule has 0 bridgehead atoms. The zero-order valence-electron chi connectivity index (χ0n) is 16.5. The minimum absolute atomic E-state index is 0.0747. The van der Waals surface area contributed by atoms with Crippen LogP contribution in [0, 0.1) is 0 Å². The Morgan fingerprint density at radius 2 is 1.62 bits per heavy atom. The van der Waals surface area contributed by atoms with Crippen molar-refractivity contribution < 1.29 is 22.7 Å². The number of hydrogen-bond acceptors (Lipinski definition) is 6. The normalized spacial score (nSPS) is 15.0. The Labute approximate surface area is 171 Å². The predicted octanol–water partition coefficient (Wildman–Crippen LogP) is 1.65. The first kappa shape index (κ1) is 20.9. The Morgan fingerprint density at radius 3 is 2.24 bits per heavy atom. The van der Waals surface area contributed by atoms with Gasteiger partial charge < -0.3 is 19.7 Å². The highest BCUT2D eigenvalue weighted by molar-refractivity contribution is 7.89. The van der Waals surface area contributed by atoms with Gasteiger partial charge in [-0.3, -0.25) is 4.79 Å². The minimum Gasteiger partial charge on any atom is -0.497 e. The number of methoxy groups -OCH3 is 2. The van der Waals surface area contributed by atoms with Crippen LogP contribution >= 0.6 is 0 Å². The van der Waals surface area contributed by atoms with Gasteiger partial charge in [0.25, 0.3) is 0 Å². The minimum atomic E-state index is -3.59. The van der Waals surface area contributed by atoms with E-state index in [0.717, 1.165) is 5.69 Å². The van der Waals surface area contributed by atoms with Crippen LogP contribution in [0.1, 0.15) is 0 Å². The maximum atomic E-state index is 12.8. The molecule has 1 heterocycles. The third-order valence-electron chi connectivity index (χ3n) is 4.80. The highest BCUT2D eigenvalue weighted by atomic mass is 32.2. The van der Waals surface area contributed by atoms with E-state index in [0.29, 0.717) is 24.6 Å². The van der Waals surface area contributed by atoms with Crippen molar-refractivity contribution >= 4 is 21.6 Å². The average molecular weight is 420 g/mol. The van der Waals surface area contributed by atoms with E-state index in [1.807, 2.05) is 24.3 Å². The molecule has 1 aliphatic heterocycles. The van der Waals surface area contributed by atoms with Crippen molar-refractivity contribution in [3.8, 4) is 11.5 Å². The predicted molar refractivity (Wildman–Crippen MR) is 110 cm³/mol. The summed E-state index contributed by atoms with van der Waals surface area (Å²) in [6.07, 6.45) is 0. The summed E-state index contributed by atoms with van der Waals surface area (Å²) in [4.78, 5) is 14.4. The molecule has 8 nitrogen and oxygen atoms in total. The Bertz CT molecular complexity index is 939. The van der Waals surface area contributed by atoms with E-state index in [-0.39, 0.29) is 30.4 Å². The maximum absolute atomic E-state index is 12.8. The number of benzene rings is 2. The largest absolute Gasteiger partial charge is 0.497 e. The summed E-state index contributed by atoms with van der Waals surface area (Å²) < 4.78 is 37.2. The van der Waals surface area contributed by atoms with Crippen molar-refractivity contribution in [1.29, 1.82) is 0 Å². The molecule has 1 fully saturated rings. The van der Waals surface area contributed by atoms with E-state index >= 15 is 0 Å². The number of carbonyl (C=O) groups excluding carboxylic acids is 1. The second-order valence-corrected chi connectivity index (χ2v) is 8.48. The Kier molecular flexibility index (Phi) is 6.60. The van der Waals surface area contributed by atoms with Gasteiger partial charge in [0.1, 0.15) is 11.5 Å². The lowest BCUT2D eigenvalue weighted by Gasteiger charge is -2.34. The lowest BCUT2D eigenvalue weighted by Crippen LogP contribution is -2.51. The van der Waals surface area contributed by atoms with Crippen molar-refractivity contribution in [1.82, 2.24) is 9.21 Å². The molecule has 1 aliphatic rings. The molecule has 0 unspecified atom stereocenters. The van der Waals surface area contributed by atoms with Crippen LogP contribution < -0.4 is 14.8 Å². The van der Waals surface area contributed by atoms with Gasteiger partial charge in [-0.05, 0) is 36.4 Å². The third kappa shape index (κ3) is 4.99. The van der Waals surface area contributed by atoms with E-state index in [2.05, 4.69) is 5.32 Å². The second-order valence-electron chi connectivity index (χ2n) is 6.55. The smallest absolute Gasteiger partial charge is 0.243 e. The standard InChI is InChI=1S/C20H25N3O5S/c1-27-17-6-8-19(9-7-17)29(25,26)23-12-10-22(11-13-23)20(24)15-21-16-4-3-5-18(14-16)28-2/h3-9,14,21H,10-13,15H2,1-2H3. The number of piperazine rings is 1. The van der Waals surface area contributed by atoms with Gasteiger partial charge in [0.15, 0.2) is 0 Å². The zero-order valence-corrected chi connectivity index (χ0v) is 17.3. The van der Waals surface area contributed by atoms with Gasteiger partial charge in [0.05, 0.1) is 25.7 Å². The average Bonchev–Trinajstić information content (AvgIpc) is 2.77. The molecular weight excluding hydrogens is 394 g/mol. The van der Waals surface area contributed by atoms with Crippen LogP contribution in [0.5, 0.6) is 11.5 Å². The molecule has 2 aromatic rings. The van der Waals surface area contributed by atoms with E-state index in [9.17, 15) is 13.2 Å². The number of rotatable bonds is 7. The fourth-order valence-corrected chi connectivity index (χ4v) is 4.52. The molecule has 0 spiro atoms. The third-order valence-corrected chi connectivity index (χ3v) is 6.71. The molecule has 0 aliphatic carbocycles. The lowest BCUT2D eigenvalue weighted by atomic mass is 10.3. The van der Waals surface area contributed by atoms with Crippen LogP contribution in [0.25, 0.3) is 0 Å². The SMILES string of the molecule is COc1ccc(S(=O)(=O)N2CCN(C(=O)CNc3cccc(OC)c3)CC2)cc1. The molecular formula is C20H25N3O5S. The summed E-state index contributed by atoms with van der Waals surface area (Å²) in [7, 11) is -0.471. The fraction of sp³-hybridized carbons (Fsp3) is 0.350. The van der Waals surface area contributed by atoms with Gasteiger partial charge in [-0.15, -0.1) is 0 Å². The first-order valence-electron chi connectivity index (χ1n) is 9.24. The summed E-state index contributed by atoms with van der Waals surface area (Å²) in [6, 6.07) is 13.6. The van der Waals surface area contributed by atoms with Gasteiger partial charge in [0.2, 0.25) is 15.9 Å². The number of sulfonamides is 1. The molecule has 2 aromatic carbocycles. The van der Waals surface area contributed by atoms with Crippen molar-refractivity contribution in [2.24, 2.45) is 0 Å². The number of nitrogens with one attached hydrogen (secondary N) is 1. The lowest BCUT2D eigenvalue weighted by molar-refractivity contribution is -0.130. The van der Waals surface area contributed by atoms with E-state index in [1.54, 1.807) is 24.1 Å². The van der Waals surface area contributed by atoms with Crippen molar-refractivity contribution in [3.63, 3.8) is 0 Å². The van der Waals surface area contributed by atoms with E-state index in [4.69, 9.17) is 9.47 Å². The van der Waals surface area contributed by atoms with E-state index < -0.39 is 10.0 Å². The van der Waals surface area contributed by atoms with Gasteiger partial charge in [0, 0.05) is 37.9 Å². The number of ether oxygens (including phenoxy) is 2. The van der Waals surface area contributed by atoms with Crippen molar-refractivity contribution in [2.75, 3.05) is 52.3 Å². The molecule has 0 radical (unpaired) electrons. The topological polar surface area (TPSA) is 88.2 Å². The Morgan fingerprint density at radius 1 is 0.966 bits per heavy atom. The van der Waals surface area contributed by atoms with Crippen molar-refractivity contribution in [3.05, 3.63) is 48.5 Å². The molecule has 156 valence electrons. The van der Waals surface area contributed by atoms with Crippen LogP contribution in [0.15, 0.2) is 53.4 Å². The summed E-state index contributed by atoms with van der Waals surface area (Å²) in [5, 5.41) is 3.08. The highest BCUT2D eigenvalue weighted by Crippen LogP contribution is 2.21. The summed E-state index contributed by atoms with van der Waals surface area (Å²) in [6.45, 7) is 1.37. The van der Waals surface area contributed by atoms with Crippen LogP contribution in [-0.4, -0.2) is 70.5 Å². The van der Waals surface area contributed by atoms with Gasteiger partial charge in [-0.2, -0.15) is 4.31 Å². The molecule has 29 heavy (non-hydrogen) atoms. The maximum Gasteiger partial charge on any atom is 0.243 e. The fourth-order valence-electron chi connectivity index (χ4n) is 3.10. The summed E-state index contributed by atoms with van der Waals surface area (Å²) in [5.74, 6) is 1.23. The monoisotopic (exact) mass is 419 g/mol. The first-order valence-corrected chi connectivity index (χ1v) is 10.7. The molecule has 1 amide bonds.